The van der Waals surface area contributed by atoms with Gasteiger partial charge in [0, 0.05) is 12.1 Å². The van der Waals surface area contributed by atoms with Gasteiger partial charge in [0.05, 0.1) is 5.60 Å². The Morgan fingerprint density at radius 2 is 1.84 bits per heavy atom. The fourth-order valence-electron chi connectivity index (χ4n) is 2.09. The number of nitrogens with one attached hydrogen (secondary N) is 2. The predicted octanol–water partition coefficient (Wildman–Crippen LogP) is 2.27. The third-order valence-corrected chi connectivity index (χ3v) is 5.03. The lowest BCUT2D eigenvalue weighted by Crippen LogP contribution is -2.41. The number of furan rings is 1. The van der Waals surface area contributed by atoms with Crippen LogP contribution >= 0.6 is 0 Å². The fraction of sp³-hybridized carbons (Fsp3) is 0.706. The van der Waals surface area contributed by atoms with Gasteiger partial charge in [-0.2, -0.15) is 0 Å². The zero-order chi connectivity index (χ0) is 19.5. The highest BCUT2D eigenvalue weighted by molar-refractivity contribution is 7.89. The Hall–Kier alpha value is -1.38. The Balaban J connectivity index is 2.71. The Kier molecular flexibility index (Phi) is 6.83. The lowest BCUT2D eigenvalue weighted by molar-refractivity contribution is 0.0423. The van der Waals surface area contributed by atoms with Gasteiger partial charge in [-0.05, 0) is 58.6 Å². The van der Waals surface area contributed by atoms with Crippen LogP contribution in [-0.2, 0) is 10.0 Å². The predicted molar refractivity (Wildman–Crippen MR) is 95.8 cm³/mol. The van der Waals surface area contributed by atoms with E-state index in [9.17, 15) is 18.3 Å². The van der Waals surface area contributed by atoms with E-state index >= 15 is 0 Å². The minimum atomic E-state index is -3.84. The minimum absolute atomic E-state index is 0.0571. The van der Waals surface area contributed by atoms with Gasteiger partial charge in [-0.3, -0.25) is 4.79 Å². The van der Waals surface area contributed by atoms with Crippen molar-refractivity contribution in [2.45, 2.75) is 70.6 Å². The number of hydrogen-bond acceptors (Lipinski definition) is 5. The summed E-state index contributed by atoms with van der Waals surface area (Å²) in [6, 6.07) is 2.54. The monoisotopic (exact) mass is 374 g/mol. The number of amides is 1. The molecule has 1 aromatic heterocycles. The molecule has 144 valence electrons. The van der Waals surface area contributed by atoms with Crippen LogP contribution in [0.2, 0.25) is 0 Å². The molecule has 1 atom stereocenters. The molecule has 25 heavy (non-hydrogen) atoms. The van der Waals surface area contributed by atoms with Crippen LogP contribution in [0.3, 0.4) is 0 Å². The van der Waals surface area contributed by atoms with Crippen LogP contribution in [0.4, 0.5) is 0 Å². The van der Waals surface area contributed by atoms with Gasteiger partial charge in [-0.25, -0.2) is 13.1 Å². The molecule has 8 heteroatoms. The first-order valence-corrected chi connectivity index (χ1v) is 9.85. The van der Waals surface area contributed by atoms with Gasteiger partial charge in [-0.1, -0.05) is 13.8 Å². The van der Waals surface area contributed by atoms with Crippen LogP contribution in [0.15, 0.2) is 21.6 Å². The van der Waals surface area contributed by atoms with Crippen molar-refractivity contribution in [2.24, 2.45) is 5.92 Å². The number of carbonyl (C=O) groups is 1. The lowest BCUT2D eigenvalue weighted by Gasteiger charge is -2.24. The van der Waals surface area contributed by atoms with E-state index in [0.717, 1.165) is 6.42 Å². The molecule has 0 aliphatic rings. The molecule has 0 aliphatic heterocycles. The van der Waals surface area contributed by atoms with Gasteiger partial charge in [0.1, 0.15) is 0 Å². The third kappa shape index (κ3) is 7.58. The molecule has 0 radical (unpaired) electrons. The van der Waals surface area contributed by atoms with Crippen LogP contribution in [0.1, 0.15) is 64.9 Å². The largest absolute Gasteiger partial charge is 0.438 e. The second-order valence-corrected chi connectivity index (χ2v) is 9.70. The summed E-state index contributed by atoms with van der Waals surface area (Å²) in [5, 5.41) is 12.5. The Bertz CT molecular complexity index is 684. The SMILES string of the molecule is CC(C)CC[C@@](C)(O)CNC(=O)c1ccc(S(=O)(=O)NC(C)(C)C)o1. The van der Waals surface area contributed by atoms with E-state index in [4.69, 9.17) is 4.42 Å². The maximum absolute atomic E-state index is 12.2. The molecule has 1 heterocycles. The number of hydrogen-bond donors (Lipinski definition) is 3. The van der Waals surface area contributed by atoms with Crippen molar-refractivity contribution in [3.63, 3.8) is 0 Å². The lowest BCUT2D eigenvalue weighted by atomic mass is 9.95. The molecule has 1 amide bonds. The highest BCUT2D eigenvalue weighted by atomic mass is 32.2. The van der Waals surface area contributed by atoms with E-state index in [1.807, 2.05) is 0 Å². The molecular formula is C17H30N2O5S. The van der Waals surface area contributed by atoms with Crippen molar-refractivity contribution in [3.05, 3.63) is 17.9 Å². The summed E-state index contributed by atoms with van der Waals surface area (Å²) in [6.45, 7) is 11.0. The molecule has 0 fully saturated rings. The van der Waals surface area contributed by atoms with Crippen LogP contribution < -0.4 is 10.0 Å². The molecule has 1 rings (SSSR count). The molecule has 1 aromatic rings. The van der Waals surface area contributed by atoms with E-state index in [0.29, 0.717) is 12.3 Å². The summed E-state index contributed by atoms with van der Waals surface area (Å²) < 4.78 is 32.0. The first-order valence-electron chi connectivity index (χ1n) is 8.36. The summed E-state index contributed by atoms with van der Waals surface area (Å²) >= 11 is 0. The zero-order valence-corrected chi connectivity index (χ0v) is 16.7. The average Bonchev–Trinajstić information content (AvgIpc) is 2.91. The highest BCUT2D eigenvalue weighted by Gasteiger charge is 2.27. The average molecular weight is 375 g/mol. The van der Waals surface area contributed by atoms with Gasteiger partial charge in [0.2, 0.25) is 5.09 Å². The molecule has 0 aromatic carbocycles. The summed E-state index contributed by atoms with van der Waals surface area (Å²) in [7, 11) is -3.84. The van der Waals surface area contributed by atoms with Crippen LogP contribution in [0.25, 0.3) is 0 Å². The van der Waals surface area contributed by atoms with E-state index < -0.39 is 27.1 Å². The molecule has 0 saturated heterocycles. The van der Waals surface area contributed by atoms with E-state index in [1.165, 1.54) is 12.1 Å². The normalized spacial score (nSPS) is 15.2. The van der Waals surface area contributed by atoms with E-state index in [2.05, 4.69) is 23.9 Å². The van der Waals surface area contributed by atoms with Crippen molar-refractivity contribution < 1.29 is 22.7 Å². The molecule has 0 bridgehead atoms. The Morgan fingerprint density at radius 3 is 2.36 bits per heavy atom. The van der Waals surface area contributed by atoms with Crippen molar-refractivity contribution in [1.82, 2.24) is 10.0 Å². The molecule has 7 nitrogen and oxygen atoms in total. The van der Waals surface area contributed by atoms with Gasteiger partial charge in [0.15, 0.2) is 5.76 Å². The van der Waals surface area contributed by atoms with Gasteiger partial charge in [0.25, 0.3) is 15.9 Å². The minimum Gasteiger partial charge on any atom is -0.438 e. The van der Waals surface area contributed by atoms with Crippen molar-refractivity contribution >= 4 is 15.9 Å². The van der Waals surface area contributed by atoms with Gasteiger partial charge in [-0.15, -0.1) is 0 Å². The summed E-state index contributed by atoms with van der Waals surface area (Å²) in [6.07, 6.45) is 1.39. The number of rotatable bonds is 8. The third-order valence-electron chi connectivity index (χ3n) is 3.40. The van der Waals surface area contributed by atoms with Crippen molar-refractivity contribution in [1.29, 1.82) is 0 Å². The summed E-state index contributed by atoms with van der Waals surface area (Å²) in [5.74, 6) is -0.230. The molecule has 0 aliphatic carbocycles. The molecular weight excluding hydrogens is 344 g/mol. The van der Waals surface area contributed by atoms with Crippen LogP contribution in [-0.4, -0.2) is 37.1 Å². The molecule has 3 N–H and O–H groups in total. The summed E-state index contributed by atoms with van der Waals surface area (Å²) in [4.78, 5) is 12.1. The van der Waals surface area contributed by atoms with Crippen molar-refractivity contribution in [2.75, 3.05) is 6.54 Å². The molecule has 0 saturated carbocycles. The smallest absolute Gasteiger partial charge is 0.287 e. The molecule has 0 unspecified atom stereocenters. The summed E-state index contributed by atoms with van der Waals surface area (Å²) in [5.41, 5.74) is -1.70. The second kappa shape index (κ2) is 7.88. The van der Waals surface area contributed by atoms with Crippen LogP contribution in [0.5, 0.6) is 0 Å². The molecule has 0 spiro atoms. The Labute approximate surface area is 150 Å². The quantitative estimate of drug-likeness (QED) is 0.647. The number of aliphatic hydroxyl groups is 1. The first kappa shape index (κ1) is 21.7. The van der Waals surface area contributed by atoms with Crippen molar-refractivity contribution in [3.8, 4) is 0 Å². The van der Waals surface area contributed by atoms with Gasteiger partial charge < -0.3 is 14.8 Å². The van der Waals surface area contributed by atoms with E-state index in [-0.39, 0.29) is 17.4 Å². The number of sulfonamides is 1. The highest BCUT2D eigenvalue weighted by Crippen LogP contribution is 2.18. The van der Waals surface area contributed by atoms with Crippen LogP contribution in [0, 0.1) is 5.92 Å². The standard InChI is InChI=1S/C17H30N2O5S/c1-12(2)9-10-17(6,21)11-18-15(20)13-7-8-14(24-13)25(22,23)19-16(3,4)5/h7-8,12,19,21H,9-11H2,1-6H3,(H,18,20)/t17-/m1/s1. The van der Waals surface area contributed by atoms with E-state index in [1.54, 1.807) is 27.7 Å². The number of carbonyl (C=O) groups excluding carboxylic acids is 1. The van der Waals surface area contributed by atoms with Gasteiger partial charge >= 0.3 is 0 Å². The Morgan fingerprint density at radius 1 is 1.24 bits per heavy atom. The topological polar surface area (TPSA) is 109 Å². The first-order chi connectivity index (χ1) is 11.2. The fourth-order valence-corrected chi connectivity index (χ4v) is 3.44. The zero-order valence-electron chi connectivity index (χ0n) is 15.8. The second-order valence-electron chi connectivity index (χ2n) is 8.09. The maximum Gasteiger partial charge on any atom is 0.287 e. The maximum atomic E-state index is 12.2.